The predicted octanol–water partition coefficient (Wildman–Crippen LogP) is 3.42. The van der Waals surface area contributed by atoms with Crippen molar-refractivity contribution in [1.82, 2.24) is 9.88 Å². The van der Waals surface area contributed by atoms with Gasteiger partial charge < -0.3 is 14.0 Å². The van der Waals surface area contributed by atoms with E-state index in [9.17, 15) is 8.42 Å². The smallest absolute Gasteiger partial charge is 0.241 e. The molecule has 0 radical (unpaired) electrons. The number of hydrogen-bond donors (Lipinski definition) is 1. The summed E-state index contributed by atoms with van der Waals surface area (Å²) >= 11 is 0. The Bertz CT molecular complexity index is 1120. The van der Waals surface area contributed by atoms with Crippen molar-refractivity contribution in [2.75, 3.05) is 6.79 Å². The van der Waals surface area contributed by atoms with Crippen LogP contribution in [0.5, 0.6) is 11.5 Å². The normalized spacial score (nSPS) is 13.1. The number of hydrogen-bond acceptors (Lipinski definition) is 6. The zero-order valence-corrected chi connectivity index (χ0v) is 16.4. The Balaban J connectivity index is 1.60. The summed E-state index contributed by atoms with van der Waals surface area (Å²) < 4.78 is 44.6. The summed E-state index contributed by atoms with van der Waals surface area (Å²) in [5, 5.41) is 3.87. The summed E-state index contributed by atoms with van der Waals surface area (Å²) in [4.78, 5) is 0.238. The maximum Gasteiger partial charge on any atom is 0.241 e. The van der Waals surface area contributed by atoms with Gasteiger partial charge in [-0.3, -0.25) is 0 Å². The number of benzene rings is 2. The highest BCUT2D eigenvalue weighted by Crippen LogP contribution is 2.32. The Morgan fingerprint density at radius 1 is 1.07 bits per heavy atom. The maximum atomic E-state index is 13.0. The van der Waals surface area contributed by atoms with Crippen molar-refractivity contribution in [3.05, 3.63) is 59.3 Å². The number of sulfonamides is 1. The summed E-state index contributed by atoms with van der Waals surface area (Å²) in [6, 6.07) is 12.4. The first-order chi connectivity index (χ1) is 13.5. The van der Waals surface area contributed by atoms with Crippen molar-refractivity contribution in [1.29, 1.82) is 0 Å². The fraction of sp³-hybridized carbons (Fsp3) is 0.250. The quantitative estimate of drug-likeness (QED) is 0.682. The zero-order chi connectivity index (χ0) is 19.7. The number of rotatable bonds is 6. The fourth-order valence-corrected chi connectivity index (χ4v) is 4.41. The molecule has 4 rings (SSSR count). The van der Waals surface area contributed by atoms with Crippen LogP contribution in [-0.4, -0.2) is 20.4 Å². The molecular formula is C20H20N2O5S. The van der Waals surface area contributed by atoms with Crippen LogP contribution in [0.2, 0.25) is 0 Å². The first-order valence-corrected chi connectivity index (χ1v) is 10.4. The Hall–Kier alpha value is -2.84. The number of nitrogens with one attached hydrogen (secondary N) is 1. The van der Waals surface area contributed by atoms with E-state index in [-0.39, 0.29) is 18.2 Å². The third kappa shape index (κ3) is 3.61. The molecule has 1 aliphatic rings. The molecule has 28 heavy (non-hydrogen) atoms. The summed E-state index contributed by atoms with van der Waals surface area (Å²) in [5.74, 6) is 1.82. The second kappa shape index (κ2) is 7.29. The van der Waals surface area contributed by atoms with Gasteiger partial charge in [0, 0.05) is 18.2 Å². The van der Waals surface area contributed by atoms with Gasteiger partial charge in [-0.25, -0.2) is 13.1 Å². The Morgan fingerprint density at radius 2 is 1.89 bits per heavy atom. The first-order valence-electron chi connectivity index (χ1n) is 8.91. The van der Waals surface area contributed by atoms with Crippen molar-refractivity contribution in [2.24, 2.45) is 0 Å². The van der Waals surface area contributed by atoms with Crippen LogP contribution in [0.25, 0.3) is 11.3 Å². The monoisotopic (exact) mass is 400 g/mol. The SMILES string of the molecule is CCc1ccc(-c2cc(C)no2)cc1S(=O)(=O)NCc1ccc2c(c1)OCO2. The lowest BCUT2D eigenvalue weighted by atomic mass is 10.1. The van der Waals surface area contributed by atoms with Crippen LogP contribution in [0.4, 0.5) is 0 Å². The molecule has 0 amide bonds. The maximum absolute atomic E-state index is 13.0. The van der Waals surface area contributed by atoms with Gasteiger partial charge in [-0.1, -0.05) is 30.3 Å². The molecule has 0 spiro atoms. The number of aromatic nitrogens is 1. The van der Waals surface area contributed by atoms with Crippen molar-refractivity contribution in [3.63, 3.8) is 0 Å². The molecule has 7 nitrogen and oxygen atoms in total. The van der Waals surface area contributed by atoms with Crippen LogP contribution in [0.15, 0.2) is 51.9 Å². The summed E-state index contributed by atoms with van der Waals surface area (Å²) in [6.45, 7) is 4.06. The van der Waals surface area contributed by atoms with Gasteiger partial charge in [0.05, 0.1) is 10.6 Å². The van der Waals surface area contributed by atoms with E-state index in [1.807, 2.05) is 32.0 Å². The van der Waals surface area contributed by atoms with Gasteiger partial charge >= 0.3 is 0 Å². The molecule has 1 N–H and O–H groups in total. The van der Waals surface area contributed by atoms with Gasteiger partial charge in [0.1, 0.15) is 0 Å². The third-order valence-electron chi connectivity index (χ3n) is 4.55. The number of aryl methyl sites for hydroxylation is 2. The lowest BCUT2D eigenvalue weighted by Crippen LogP contribution is -2.24. The highest BCUT2D eigenvalue weighted by Gasteiger charge is 2.20. The third-order valence-corrected chi connectivity index (χ3v) is 6.04. The summed E-state index contributed by atoms with van der Waals surface area (Å²) in [6.07, 6.45) is 0.593. The van der Waals surface area contributed by atoms with Crippen molar-refractivity contribution in [3.8, 4) is 22.8 Å². The van der Waals surface area contributed by atoms with E-state index in [1.54, 1.807) is 24.3 Å². The molecule has 0 unspecified atom stereocenters. The molecule has 2 heterocycles. The van der Waals surface area contributed by atoms with E-state index in [4.69, 9.17) is 14.0 Å². The zero-order valence-electron chi connectivity index (χ0n) is 15.6. The standard InChI is InChI=1S/C20H20N2O5S/c1-3-15-5-6-16(18-8-13(2)22-27-18)10-20(15)28(23,24)21-11-14-4-7-17-19(9-14)26-12-25-17/h4-10,21H,3,11-12H2,1-2H3. The van der Waals surface area contributed by atoms with Gasteiger partial charge in [0.25, 0.3) is 0 Å². The minimum atomic E-state index is -3.72. The van der Waals surface area contributed by atoms with Crippen molar-refractivity contribution in [2.45, 2.75) is 31.7 Å². The Kier molecular flexibility index (Phi) is 4.82. The molecule has 0 fully saturated rings. The van der Waals surface area contributed by atoms with E-state index in [0.29, 0.717) is 29.2 Å². The molecule has 0 aliphatic carbocycles. The molecular weight excluding hydrogens is 380 g/mol. The van der Waals surface area contributed by atoms with E-state index in [1.165, 1.54) is 0 Å². The predicted molar refractivity (Wildman–Crippen MR) is 103 cm³/mol. The van der Waals surface area contributed by atoms with Gasteiger partial charge in [-0.2, -0.15) is 0 Å². The second-order valence-electron chi connectivity index (χ2n) is 6.52. The highest BCUT2D eigenvalue weighted by molar-refractivity contribution is 7.89. The molecule has 146 valence electrons. The molecule has 0 bridgehead atoms. The minimum Gasteiger partial charge on any atom is -0.454 e. The van der Waals surface area contributed by atoms with Crippen molar-refractivity contribution >= 4 is 10.0 Å². The van der Waals surface area contributed by atoms with Crippen LogP contribution in [0, 0.1) is 6.92 Å². The molecule has 3 aromatic rings. The van der Waals surface area contributed by atoms with E-state index >= 15 is 0 Å². The molecule has 0 atom stereocenters. The van der Waals surface area contributed by atoms with E-state index in [0.717, 1.165) is 16.8 Å². The summed E-state index contributed by atoms with van der Waals surface area (Å²) in [5.41, 5.74) is 2.92. The average Bonchev–Trinajstić information content (AvgIpc) is 3.34. The van der Waals surface area contributed by atoms with Gasteiger partial charge in [-0.15, -0.1) is 0 Å². The largest absolute Gasteiger partial charge is 0.454 e. The molecule has 0 saturated heterocycles. The van der Waals surface area contributed by atoms with Crippen LogP contribution in [0.1, 0.15) is 23.7 Å². The van der Waals surface area contributed by atoms with Crippen LogP contribution in [0.3, 0.4) is 0 Å². The van der Waals surface area contributed by atoms with E-state index in [2.05, 4.69) is 9.88 Å². The lowest BCUT2D eigenvalue weighted by molar-refractivity contribution is 0.174. The topological polar surface area (TPSA) is 90.7 Å². The Labute approximate surface area is 163 Å². The van der Waals surface area contributed by atoms with Crippen LogP contribution < -0.4 is 14.2 Å². The van der Waals surface area contributed by atoms with Gasteiger partial charge in [-0.05, 0) is 42.7 Å². The van der Waals surface area contributed by atoms with Crippen LogP contribution >= 0.6 is 0 Å². The lowest BCUT2D eigenvalue weighted by Gasteiger charge is -2.12. The van der Waals surface area contributed by atoms with Gasteiger partial charge in [0.15, 0.2) is 17.3 Å². The minimum absolute atomic E-state index is 0.147. The van der Waals surface area contributed by atoms with E-state index < -0.39 is 10.0 Å². The highest BCUT2D eigenvalue weighted by atomic mass is 32.2. The average molecular weight is 400 g/mol. The van der Waals surface area contributed by atoms with Gasteiger partial charge in [0.2, 0.25) is 16.8 Å². The number of ether oxygens (including phenoxy) is 2. The molecule has 1 aliphatic heterocycles. The molecule has 8 heteroatoms. The molecule has 1 aromatic heterocycles. The molecule has 2 aromatic carbocycles. The second-order valence-corrected chi connectivity index (χ2v) is 8.26. The number of fused-ring (bicyclic) bond motifs is 1. The van der Waals surface area contributed by atoms with Crippen LogP contribution in [-0.2, 0) is 23.0 Å². The number of nitrogens with zero attached hydrogens (tertiary/aromatic N) is 1. The first kappa shape index (κ1) is 18.5. The van der Waals surface area contributed by atoms with Crippen molar-refractivity contribution < 1.29 is 22.4 Å². The molecule has 0 saturated carbocycles. The Morgan fingerprint density at radius 3 is 2.64 bits per heavy atom. The fourth-order valence-electron chi connectivity index (χ4n) is 3.06. The summed E-state index contributed by atoms with van der Waals surface area (Å²) in [7, 11) is -3.72.